The van der Waals surface area contributed by atoms with Crippen molar-refractivity contribution >= 4 is 21.6 Å². The summed E-state index contributed by atoms with van der Waals surface area (Å²) in [7, 11) is -3.05. The predicted octanol–water partition coefficient (Wildman–Crippen LogP) is 2.95. The van der Waals surface area contributed by atoms with Gasteiger partial charge in [-0.1, -0.05) is 6.07 Å². The Bertz CT molecular complexity index is 1050. The van der Waals surface area contributed by atoms with Crippen molar-refractivity contribution in [1.29, 1.82) is 0 Å². The van der Waals surface area contributed by atoms with E-state index >= 15 is 0 Å². The van der Waals surface area contributed by atoms with Gasteiger partial charge in [0.1, 0.15) is 5.82 Å². The summed E-state index contributed by atoms with van der Waals surface area (Å²) in [6.45, 7) is 4.68. The second-order valence-electron chi connectivity index (χ2n) is 7.17. The van der Waals surface area contributed by atoms with Crippen molar-refractivity contribution in [3.63, 3.8) is 0 Å². The van der Waals surface area contributed by atoms with Crippen LogP contribution in [0.3, 0.4) is 0 Å². The van der Waals surface area contributed by atoms with Gasteiger partial charge >= 0.3 is 5.97 Å². The summed E-state index contributed by atoms with van der Waals surface area (Å²) in [5, 5.41) is 0. The van der Waals surface area contributed by atoms with Gasteiger partial charge in [-0.15, -0.1) is 0 Å². The predicted molar refractivity (Wildman–Crippen MR) is 102 cm³/mol. The molecule has 0 N–H and O–H groups in total. The minimum absolute atomic E-state index is 0.0394. The number of esters is 1. The molecule has 1 aliphatic rings. The van der Waals surface area contributed by atoms with Crippen LogP contribution in [-0.4, -0.2) is 42.9 Å². The summed E-state index contributed by atoms with van der Waals surface area (Å²) >= 11 is 0. The number of rotatable bonds is 5. The molecule has 1 saturated heterocycles. The van der Waals surface area contributed by atoms with E-state index in [0.717, 1.165) is 11.8 Å². The molecule has 1 aromatic carbocycles. The van der Waals surface area contributed by atoms with Crippen molar-refractivity contribution in [2.45, 2.75) is 33.2 Å². The van der Waals surface area contributed by atoms with Crippen molar-refractivity contribution < 1.29 is 27.1 Å². The van der Waals surface area contributed by atoms with Gasteiger partial charge in [0.25, 0.3) is 0 Å². The molecule has 150 valence electrons. The van der Waals surface area contributed by atoms with Crippen molar-refractivity contribution in [1.82, 2.24) is 4.57 Å². The fraction of sp³-hybridized carbons (Fsp3) is 0.400. The number of hydrogen-bond donors (Lipinski definition) is 0. The number of benzene rings is 1. The number of carbonyl (C=O) groups excluding carboxylic acids is 2. The van der Waals surface area contributed by atoms with E-state index in [9.17, 15) is 22.4 Å². The maximum Gasteiger partial charge on any atom is 0.338 e. The highest BCUT2D eigenvalue weighted by Crippen LogP contribution is 2.29. The standard InChI is InChI=1S/C20H22FNO5S/c1-12-4-5-15(9-18(12)21)20(24)27-10-19(23)17-8-13(2)22(14(17)3)16-6-7-28(25,26)11-16/h4-5,8-9,16H,6-7,10-11H2,1-3H3/t16-/m1/s1. The molecule has 0 saturated carbocycles. The summed E-state index contributed by atoms with van der Waals surface area (Å²) in [5.74, 6) is -1.48. The van der Waals surface area contributed by atoms with Crippen LogP contribution < -0.4 is 0 Å². The molecule has 0 spiro atoms. The average molecular weight is 407 g/mol. The average Bonchev–Trinajstić information content (AvgIpc) is 3.13. The van der Waals surface area contributed by atoms with Crippen LogP contribution in [0.15, 0.2) is 24.3 Å². The molecule has 0 aliphatic carbocycles. The first-order chi connectivity index (χ1) is 13.1. The zero-order valence-electron chi connectivity index (χ0n) is 16.0. The van der Waals surface area contributed by atoms with Crippen molar-refractivity contribution in [3.8, 4) is 0 Å². The smallest absolute Gasteiger partial charge is 0.338 e. The lowest BCUT2D eigenvalue weighted by Crippen LogP contribution is -2.17. The van der Waals surface area contributed by atoms with Crippen molar-refractivity contribution in [3.05, 3.63) is 58.2 Å². The van der Waals surface area contributed by atoms with E-state index in [1.165, 1.54) is 12.1 Å². The first-order valence-corrected chi connectivity index (χ1v) is 10.8. The van der Waals surface area contributed by atoms with E-state index in [0.29, 0.717) is 23.2 Å². The lowest BCUT2D eigenvalue weighted by Gasteiger charge is -2.16. The van der Waals surface area contributed by atoms with E-state index in [1.807, 2.05) is 11.5 Å². The van der Waals surface area contributed by atoms with Crippen LogP contribution in [0.25, 0.3) is 0 Å². The Hall–Kier alpha value is -2.48. The summed E-state index contributed by atoms with van der Waals surface area (Å²) < 4.78 is 44.0. The number of ether oxygens (including phenoxy) is 1. The highest BCUT2D eigenvalue weighted by Gasteiger charge is 2.31. The van der Waals surface area contributed by atoms with E-state index in [1.54, 1.807) is 19.9 Å². The minimum atomic E-state index is -3.05. The molecule has 3 rings (SSSR count). The molecule has 0 amide bonds. The molecule has 8 heteroatoms. The Morgan fingerprint density at radius 2 is 1.93 bits per heavy atom. The molecule has 1 atom stereocenters. The summed E-state index contributed by atoms with van der Waals surface area (Å²) in [6.07, 6.45) is 0.514. The van der Waals surface area contributed by atoms with E-state index in [2.05, 4.69) is 0 Å². The third kappa shape index (κ3) is 4.01. The summed E-state index contributed by atoms with van der Waals surface area (Å²) in [4.78, 5) is 24.6. The third-order valence-corrected chi connectivity index (χ3v) is 6.85. The quantitative estimate of drug-likeness (QED) is 0.562. The Morgan fingerprint density at radius 1 is 1.21 bits per heavy atom. The highest BCUT2D eigenvalue weighted by molar-refractivity contribution is 7.91. The summed E-state index contributed by atoms with van der Waals surface area (Å²) in [6, 6.07) is 5.48. The lowest BCUT2D eigenvalue weighted by atomic mass is 10.1. The monoisotopic (exact) mass is 407 g/mol. The SMILES string of the molecule is Cc1ccc(C(=O)OCC(=O)c2cc(C)n([C@@H]3CCS(=O)(=O)C3)c2C)cc1F. The van der Waals surface area contributed by atoms with E-state index in [-0.39, 0.29) is 28.9 Å². The van der Waals surface area contributed by atoms with Gasteiger partial charge < -0.3 is 9.30 Å². The third-order valence-electron chi connectivity index (χ3n) is 5.10. The Kier molecular flexibility index (Phi) is 5.43. The second-order valence-corrected chi connectivity index (χ2v) is 9.40. The topological polar surface area (TPSA) is 82.4 Å². The molecular weight excluding hydrogens is 385 g/mol. The molecule has 1 aromatic heterocycles. The number of Topliss-reactive ketones (excluding diaryl/α,β-unsaturated/α-hetero) is 1. The van der Waals surface area contributed by atoms with Gasteiger partial charge in [0.15, 0.2) is 16.4 Å². The molecule has 6 nitrogen and oxygen atoms in total. The molecule has 0 bridgehead atoms. The molecule has 0 unspecified atom stereocenters. The van der Waals surface area contributed by atoms with Crippen LogP contribution in [0.4, 0.5) is 4.39 Å². The number of halogens is 1. The van der Waals surface area contributed by atoms with Crippen molar-refractivity contribution in [2.24, 2.45) is 0 Å². The largest absolute Gasteiger partial charge is 0.454 e. The number of aromatic nitrogens is 1. The maximum absolute atomic E-state index is 13.6. The van der Waals surface area contributed by atoms with Crippen LogP contribution >= 0.6 is 0 Å². The number of aryl methyl sites for hydroxylation is 2. The number of nitrogens with zero attached hydrogens (tertiary/aromatic N) is 1. The van der Waals surface area contributed by atoms with Gasteiger partial charge in [0.2, 0.25) is 5.78 Å². The molecule has 0 radical (unpaired) electrons. The van der Waals surface area contributed by atoms with Crippen LogP contribution in [0, 0.1) is 26.6 Å². The van der Waals surface area contributed by atoms with Gasteiger partial charge in [0.05, 0.1) is 17.1 Å². The number of sulfone groups is 1. The van der Waals surface area contributed by atoms with Gasteiger partial charge in [-0.3, -0.25) is 4.79 Å². The molecule has 2 heterocycles. The zero-order chi connectivity index (χ0) is 20.6. The number of carbonyl (C=O) groups is 2. The van der Waals surface area contributed by atoms with Gasteiger partial charge in [0, 0.05) is 23.0 Å². The maximum atomic E-state index is 13.6. The number of ketones is 1. The van der Waals surface area contributed by atoms with Gasteiger partial charge in [-0.05, 0) is 51.0 Å². The van der Waals surface area contributed by atoms with Crippen molar-refractivity contribution in [2.75, 3.05) is 18.1 Å². The van der Waals surface area contributed by atoms with Crippen LogP contribution in [0.1, 0.15) is 50.1 Å². The molecule has 28 heavy (non-hydrogen) atoms. The second kappa shape index (κ2) is 7.50. The molecule has 1 aliphatic heterocycles. The Labute approximate surface area is 163 Å². The Morgan fingerprint density at radius 3 is 2.54 bits per heavy atom. The fourth-order valence-electron chi connectivity index (χ4n) is 3.61. The van der Waals surface area contributed by atoms with Crippen LogP contribution in [-0.2, 0) is 14.6 Å². The Balaban J connectivity index is 1.72. The molecule has 1 fully saturated rings. The first kappa shape index (κ1) is 20.3. The van der Waals surface area contributed by atoms with Crippen LogP contribution in [0.5, 0.6) is 0 Å². The molecular formula is C20H22FNO5S. The van der Waals surface area contributed by atoms with Gasteiger partial charge in [-0.25, -0.2) is 17.6 Å². The zero-order valence-corrected chi connectivity index (χ0v) is 16.8. The minimum Gasteiger partial charge on any atom is -0.454 e. The van der Waals surface area contributed by atoms with Crippen LogP contribution in [0.2, 0.25) is 0 Å². The number of hydrogen-bond acceptors (Lipinski definition) is 5. The summed E-state index contributed by atoms with van der Waals surface area (Å²) in [5.41, 5.74) is 2.29. The van der Waals surface area contributed by atoms with Gasteiger partial charge in [-0.2, -0.15) is 0 Å². The lowest BCUT2D eigenvalue weighted by molar-refractivity contribution is 0.0474. The highest BCUT2D eigenvalue weighted by atomic mass is 32.2. The first-order valence-electron chi connectivity index (χ1n) is 8.94. The fourth-order valence-corrected chi connectivity index (χ4v) is 5.31. The molecule has 2 aromatic rings. The normalized spacial score (nSPS) is 18.2. The van der Waals surface area contributed by atoms with E-state index < -0.39 is 28.2 Å². The van der Waals surface area contributed by atoms with E-state index in [4.69, 9.17) is 4.74 Å².